The van der Waals surface area contributed by atoms with Gasteiger partial charge in [-0.2, -0.15) is 0 Å². The largest absolute Gasteiger partial charge is 1.00 e. The van der Waals surface area contributed by atoms with E-state index in [9.17, 15) is 35.1 Å². The van der Waals surface area contributed by atoms with Crippen LogP contribution >= 0.6 is 0 Å². The Morgan fingerprint density at radius 1 is 0.873 bits per heavy atom. The van der Waals surface area contributed by atoms with Crippen LogP contribution in [-0.2, 0) is 39.7 Å². The van der Waals surface area contributed by atoms with E-state index in [1.54, 1.807) is 24.6 Å². The molecular formula is C64H96NNaO13. The maximum atomic E-state index is 14.4. The van der Waals surface area contributed by atoms with E-state index in [1.807, 2.05) is 47.7 Å². The summed E-state index contributed by atoms with van der Waals surface area (Å²) in [5, 5.41) is 61.1. The molecule has 436 valence electrons. The van der Waals surface area contributed by atoms with E-state index >= 15 is 0 Å². The maximum absolute atomic E-state index is 14.4. The maximum Gasteiger partial charge on any atom is 1.00 e. The Hall–Kier alpha value is -1.97. The minimum atomic E-state index is -1.37. The van der Waals surface area contributed by atoms with Crippen LogP contribution in [0.1, 0.15) is 197 Å². The van der Waals surface area contributed by atoms with Gasteiger partial charge in [-0.15, -0.1) is 6.42 Å². The molecule has 4 aliphatic carbocycles. The molecule has 24 unspecified atom stereocenters. The number of fused-ring (bicyclic) bond motifs is 6. The topological polar surface area (TPSA) is 210 Å². The van der Waals surface area contributed by atoms with Gasteiger partial charge in [0.25, 0.3) is 0 Å². The van der Waals surface area contributed by atoms with Crippen molar-refractivity contribution in [2.24, 2.45) is 70.0 Å². The summed E-state index contributed by atoms with van der Waals surface area (Å²) < 4.78 is 38.9. The number of ether oxygens (including phenoxy) is 5. The van der Waals surface area contributed by atoms with E-state index in [0.717, 1.165) is 50.7 Å². The van der Waals surface area contributed by atoms with Crippen LogP contribution in [0.4, 0.5) is 0 Å². The van der Waals surface area contributed by atoms with Crippen LogP contribution in [0.25, 0.3) is 6.08 Å². The number of ketones is 1. The zero-order chi connectivity index (χ0) is 56.7. The number of carbonyl (C=O) groups excluding carboxylic acids is 2. The number of hydrogen-bond acceptors (Lipinski definition) is 14. The zero-order valence-electron chi connectivity index (χ0n) is 50.1. The predicted molar refractivity (Wildman–Crippen MR) is 292 cm³/mol. The molecule has 9 aliphatic rings. The third kappa shape index (κ3) is 10.8. The first-order valence-electron chi connectivity index (χ1n) is 30.5. The molecule has 1 aromatic rings. The summed E-state index contributed by atoms with van der Waals surface area (Å²) in [6.45, 7) is 24.2. The summed E-state index contributed by atoms with van der Waals surface area (Å²) in [6, 6.07) is 0. The molecule has 5 aliphatic heterocycles. The van der Waals surface area contributed by atoms with Crippen LogP contribution in [0.3, 0.4) is 0 Å². The molecule has 24 atom stereocenters. The SMILES string of the molecule is C#CC1(O)CCC2C3CCC4=Cc5oncc5CC4(C)C3CCC21C.CCC(C(=O)[O-])C1CCC(C)C(C(C)C(O)C(C)C(=O)C(CC)C2OC3(C=CC(O)C4(CCC(C)(C5CCC(O)(CC)C(C)O5)O4)O3)C(C)CC2C)O1.[Na+]. The fourth-order valence-corrected chi connectivity index (χ4v) is 17.6. The number of aliphatic hydroxyl groups excluding tert-OH is 2. The molecule has 0 aromatic carbocycles. The summed E-state index contributed by atoms with van der Waals surface area (Å²) in [5.74, 6) is -0.598. The normalized spacial score (nSPS) is 46.1. The molecule has 3 saturated carbocycles. The van der Waals surface area contributed by atoms with Crippen molar-refractivity contribution in [1.82, 2.24) is 5.16 Å². The van der Waals surface area contributed by atoms with Crippen molar-refractivity contribution in [2.75, 3.05) is 0 Å². The van der Waals surface area contributed by atoms with Gasteiger partial charge >= 0.3 is 29.6 Å². The van der Waals surface area contributed by atoms with Crippen molar-refractivity contribution >= 4 is 17.8 Å². The number of Topliss-reactive ketones (excluding diaryl/α,β-unsaturated/α-hetero) is 1. The average molecular weight is 1110 g/mol. The molecule has 2 spiro atoms. The molecule has 0 amide bonds. The Morgan fingerprint density at radius 2 is 1.58 bits per heavy atom. The number of carboxylic acids is 1. The first kappa shape index (κ1) is 63.1. The van der Waals surface area contributed by atoms with Gasteiger partial charge in [-0.3, -0.25) is 4.79 Å². The standard InChI is InChI=1S/C42H70O11.C22H27NO2.Na/c1-11-29(38(46)47)31-15-14-23(4)36(50-31)27(8)34(44)26(7)35(45)30(12-2)37-24(5)22-25(6)41(51-37)19-16-32(43)42(53-41)21-20-39(10,52-42)33-17-18-40(48,13-3)28(9)49-33;1-4-22(24)10-8-18-16-6-5-15-11-19-14(13-23-25-19)12-20(15,2)17(16)7-9-21(18,22)3;/h16,19,23-34,36-37,43-44,48H,11-15,17-18,20-22H2,1-10H3,(H,46,47);1,11,13,16-18,24H,5-10,12H2,2-3H3;/q;;+1/p-1. The molecule has 0 radical (unpaired) electrons. The van der Waals surface area contributed by atoms with Crippen LogP contribution in [0.5, 0.6) is 0 Å². The summed E-state index contributed by atoms with van der Waals surface area (Å²) in [5.41, 5.74) is 0.354. The molecule has 79 heavy (non-hydrogen) atoms. The second-order valence-electron chi connectivity index (χ2n) is 27.3. The van der Waals surface area contributed by atoms with E-state index in [0.29, 0.717) is 75.5 Å². The number of rotatable bonds is 12. The van der Waals surface area contributed by atoms with Crippen molar-refractivity contribution in [3.8, 4) is 12.3 Å². The number of terminal acetylenes is 1. The molecule has 7 fully saturated rings. The number of allylic oxidation sites excluding steroid dienone is 1. The van der Waals surface area contributed by atoms with E-state index in [4.69, 9.17) is 34.6 Å². The molecule has 10 rings (SSSR count). The first-order chi connectivity index (χ1) is 36.7. The van der Waals surface area contributed by atoms with Crippen LogP contribution < -0.4 is 34.7 Å². The van der Waals surface area contributed by atoms with Gasteiger partial charge in [0.1, 0.15) is 17.5 Å². The Bertz CT molecular complexity index is 2460. The summed E-state index contributed by atoms with van der Waals surface area (Å²) in [4.78, 5) is 26.2. The van der Waals surface area contributed by atoms with Gasteiger partial charge in [0.2, 0.25) is 5.79 Å². The Kier molecular flexibility index (Phi) is 18.7. The molecule has 6 heterocycles. The number of aliphatic hydroxyl groups is 4. The smallest absolute Gasteiger partial charge is 0.550 e. The third-order valence-corrected chi connectivity index (χ3v) is 23.1. The van der Waals surface area contributed by atoms with Gasteiger partial charge < -0.3 is 58.5 Å². The second-order valence-corrected chi connectivity index (χ2v) is 27.3. The van der Waals surface area contributed by atoms with E-state index in [1.165, 1.54) is 12.0 Å². The predicted octanol–water partition coefficient (Wildman–Crippen LogP) is 6.08. The summed E-state index contributed by atoms with van der Waals surface area (Å²) >= 11 is 0. The van der Waals surface area contributed by atoms with Crippen molar-refractivity contribution in [1.29, 1.82) is 0 Å². The van der Waals surface area contributed by atoms with Gasteiger partial charge in [-0.25, -0.2) is 0 Å². The number of carboxylic acid groups (broad SMARTS) is 1. The molecule has 4 saturated heterocycles. The van der Waals surface area contributed by atoms with Gasteiger partial charge in [0.15, 0.2) is 11.5 Å². The average Bonchev–Trinajstić information content (AvgIpc) is 4.34. The Balaban J connectivity index is 0.000000261. The minimum absolute atomic E-state index is 0. The summed E-state index contributed by atoms with van der Waals surface area (Å²) in [7, 11) is 0. The van der Waals surface area contributed by atoms with Gasteiger partial charge in [-0.1, -0.05) is 85.9 Å². The van der Waals surface area contributed by atoms with Gasteiger partial charge in [0.05, 0.1) is 54.0 Å². The molecule has 15 heteroatoms. The molecule has 14 nitrogen and oxygen atoms in total. The molecule has 1 aromatic heterocycles. The van der Waals surface area contributed by atoms with Crippen molar-refractivity contribution in [3.05, 3.63) is 35.2 Å². The minimum Gasteiger partial charge on any atom is -0.550 e. The van der Waals surface area contributed by atoms with Crippen molar-refractivity contribution < 1.29 is 92.9 Å². The van der Waals surface area contributed by atoms with E-state index in [-0.39, 0.29) is 76.1 Å². The van der Waals surface area contributed by atoms with E-state index < -0.39 is 88.5 Å². The Morgan fingerprint density at radius 3 is 2.24 bits per heavy atom. The number of carbonyl (C=O) groups is 2. The van der Waals surface area contributed by atoms with Crippen LogP contribution in [0.15, 0.2) is 28.4 Å². The fourth-order valence-electron chi connectivity index (χ4n) is 17.6. The second kappa shape index (κ2) is 23.5. The van der Waals surface area contributed by atoms with Crippen LogP contribution in [-0.4, -0.2) is 108 Å². The first-order valence-corrected chi connectivity index (χ1v) is 30.5. The molecule has 4 N–H and O–H groups in total. The number of nitrogens with zero attached hydrogens (tertiary/aromatic N) is 1. The Labute approximate surface area is 494 Å². The van der Waals surface area contributed by atoms with Crippen LogP contribution in [0, 0.1) is 82.4 Å². The van der Waals surface area contributed by atoms with Gasteiger partial charge in [-0.05, 0) is 170 Å². The molecule has 0 bridgehead atoms. The van der Waals surface area contributed by atoms with Gasteiger partial charge in [0, 0.05) is 53.0 Å². The molecular weight excluding hydrogens is 1010 g/mol. The van der Waals surface area contributed by atoms with Crippen molar-refractivity contribution in [3.63, 3.8) is 0 Å². The fraction of sp³-hybridized carbons (Fsp3) is 0.828. The summed E-state index contributed by atoms with van der Waals surface area (Å²) in [6.07, 6.45) is 22.6. The number of aliphatic carboxylic acids is 1. The monoisotopic (exact) mass is 1110 g/mol. The van der Waals surface area contributed by atoms with Crippen molar-refractivity contribution in [2.45, 2.75) is 263 Å². The van der Waals surface area contributed by atoms with Crippen LogP contribution in [0.2, 0.25) is 0 Å². The quantitative estimate of drug-likeness (QED) is 0.106. The third-order valence-electron chi connectivity index (χ3n) is 23.1. The zero-order valence-corrected chi connectivity index (χ0v) is 52.1. The number of aromatic nitrogens is 1. The number of hydrogen-bond donors (Lipinski definition) is 4. The van der Waals surface area contributed by atoms with E-state index in [2.05, 4.69) is 51.8 Å².